The molecule has 2 rings (SSSR count). The first-order valence-corrected chi connectivity index (χ1v) is 8.37. The third-order valence-corrected chi connectivity index (χ3v) is 4.06. The molecule has 6 nitrogen and oxygen atoms in total. The van der Waals surface area contributed by atoms with Crippen molar-refractivity contribution in [1.82, 2.24) is 10.2 Å². The molecule has 0 radical (unpaired) electrons. The molecule has 0 aliphatic rings. The molecule has 0 bridgehead atoms. The van der Waals surface area contributed by atoms with E-state index in [1.165, 1.54) is 5.56 Å². The van der Waals surface area contributed by atoms with Crippen LogP contribution < -0.4 is 19.5 Å². The SMILES string of the molecule is CN=C(NCc1cc(OC)c(OC)cc1OC)N(C)Cc1ccccc1. The number of ether oxygens (including phenoxy) is 3. The first kappa shape index (κ1) is 19.4. The highest BCUT2D eigenvalue weighted by molar-refractivity contribution is 5.79. The summed E-state index contributed by atoms with van der Waals surface area (Å²) >= 11 is 0. The zero-order chi connectivity index (χ0) is 18.9. The molecule has 2 aromatic carbocycles. The fraction of sp³-hybridized carbons (Fsp3) is 0.350. The lowest BCUT2D eigenvalue weighted by Crippen LogP contribution is -2.38. The van der Waals surface area contributed by atoms with Crippen molar-refractivity contribution in [3.8, 4) is 17.2 Å². The van der Waals surface area contributed by atoms with Gasteiger partial charge in [0.05, 0.1) is 21.3 Å². The van der Waals surface area contributed by atoms with Crippen LogP contribution in [0.25, 0.3) is 0 Å². The molecule has 0 aromatic heterocycles. The number of aliphatic imine (C=N–C) groups is 1. The Kier molecular flexibility index (Phi) is 7.14. The second-order valence-corrected chi connectivity index (χ2v) is 5.76. The number of rotatable bonds is 7. The lowest BCUT2D eigenvalue weighted by Gasteiger charge is -2.23. The van der Waals surface area contributed by atoms with Gasteiger partial charge in [0.2, 0.25) is 0 Å². The number of nitrogens with zero attached hydrogens (tertiary/aromatic N) is 2. The van der Waals surface area contributed by atoms with Crippen molar-refractivity contribution in [1.29, 1.82) is 0 Å². The molecule has 0 atom stereocenters. The minimum Gasteiger partial charge on any atom is -0.496 e. The molecular formula is C20H27N3O3. The summed E-state index contributed by atoms with van der Waals surface area (Å²) in [6, 6.07) is 14.0. The molecule has 1 N–H and O–H groups in total. The van der Waals surface area contributed by atoms with Gasteiger partial charge in [-0.3, -0.25) is 4.99 Å². The molecule has 26 heavy (non-hydrogen) atoms. The van der Waals surface area contributed by atoms with E-state index < -0.39 is 0 Å². The molecule has 6 heteroatoms. The van der Waals surface area contributed by atoms with E-state index in [0.717, 1.165) is 23.8 Å². The summed E-state index contributed by atoms with van der Waals surface area (Å²) in [6.07, 6.45) is 0. The first-order chi connectivity index (χ1) is 12.6. The third kappa shape index (κ3) is 4.81. The Morgan fingerprint density at radius 3 is 2.15 bits per heavy atom. The van der Waals surface area contributed by atoms with Crippen LogP contribution in [-0.2, 0) is 13.1 Å². The first-order valence-electron chi connectivity index (χ1n) is 8.37. The minimum absolute atomic E-state index is 0.551. The van der Waals surface area contributed by atoms with Crippen molar-refractivity contribution in [2.24, 2.45) is 4.99 Å². The summed E-state index contributed by atoms with van der Waals surface area (Å²) in [5.74, 6) is 2.83. The van der Waals surface area contributed by atoms with Crippen LogP contribution in [0, 0.1) is 0 Å². The van der Waals surface area contributed by atoms with Crippen molar-refractivity contribution >= 4 is 5.96 Å². The fourth-order valence-corrected chi connectivity index (χ4v) is 2.72. The molecule has 140 valence electrons. The normalized spacial score (nSPS) is 11.0. The van der Waals surface area contributed by atoms with Gasteiger partial charge in [-0.25, -0.2) is 0 Å². The van der Waals surface area contributed by atoms with E-state index in [1.807, 2.05) is 37.4 Å². The van der Waals surface area contributed by atoms with Crippen LogP contribution in [0.2, 0.25) is 0 Å². The van der Waals surface area contributed by atoms with Gasteiger partial charge in [0.1, 0.15) is 5.75 Å². The zero-order valence-electron chi connectivity index (χ0n) is 16.1. The smallest absolute Gasteiger partial charge is 0.193 e. The van der Waals surface area contributed by atoms with Gasteiger partial charge < -0.3 is 24.4 Å². The largest absolute Gasteiger partial charge is 0.496 e. The highest BCUT2D eigenvalue weighted by atomic mass is 16.5. The van der Waals surface area contributed by atoms with E-state index >= 15 is 0 Å². The fourth-order valence-electron chi connectivity index (χ4n) is 2.72. The van der Waals surface area contributed by atoms with Gasteiger partial charge in [-0.15, -0.1) is 0 Å². The third-order valence-electron chi connectivity index (χ3n) is 4.06. The van der Waals surface area contributed by atoms with E-state index in [2.05, 4.69) is 27.3 Å². The summed E-state index contributed by atoms with van der Waals surface area (Å²) in [4.78, 5) is 6.44. The molecule has 0 amide bonds. The van der Waals surface area contributed by atoms with Gasteiger partial charge in [-0.1, -0.05) is 30.3 Å². The van der Waals surface area contributed by atoms with Crippen LogP contribution >= 0.6 is 0 Å². The second-order valence-electron chi connectivity index (χ2n) is 5.76. The van der Waals surface area contributed by atoms with Crippen LogP contribution in [0.3, 0.4) is 0 Å². The predicted octanol–water partition coefficient (Wildman–Crippen LogP) is 2.92. The lowest BCUT2D eigenvalue weighted by atomic mass is 10.1. The Labute approximate surface area is 155 Å². The van der Waals surface area contributed by atoms with Crippen molar-refractivity contribution < 1.29 is 14.2 Å². The summed E-state index contributed by atoms with van der Waals surface area (Å²) in [6.45, 7) is 1.32. The molecule has 0 unspecified atom stereocenters. The van der Waals surface area contributed by atoms with Gasteiger partial charge in [-0.05, 0) is 11.6 Å². The van der Waals surface area contributed by atoms with Crippen LogP contribution in [0.5, 0.6) is 17.2 Å². The van der Waals surface area contributed by atoms with Crippen molar-refractivity contribution in [3.63, 3.8) is 0 Å². The molecule has 0 heterocycles. The second kappa shape index (κ2) is 9.56. The Bertz CT molecular complexity index is 733. The van der Waals surface area contributed by atoms with Crippen molar-refractivity contribution in [2.75, 3.05) is 35.4 Å². The zero-order valence-corrected chi connectivity index (χ0v) is 16.1. The Balaban J connectivity index is 2.10. The number of hydrogen-bond acceptors (Lipinski definition) is 4. The summed E-state index contributed by atoms with van der Waals surface area (Å²) < 4.78 is 16.2. The van der Waals surface area contributed by atoms with E-state index in [1.54, 1.807) is 28.4 Å². The number of hydrogen-bond donors (Lipinski definition) is 1. The summed E-state index contributed by atoms with van der Waals surface area (Å²) in [5.41, 5.74) is 2.18. The Morgan fingerprint density at radius 2 is 1.58 bits per heavy atom. The topological polar surface area (TPSA) is 55.3 Å². The monoisotopic (exact) mass is 357 g/mol. The maximum absolute atomic E-state index is 5.48. The van der Waals surface area contributed by atoms with Crippen molar-refractivity contribution in [3.05, 3.63) is 53.6 Å². The molecule has 0 spiro atoms. The molecule has 0 fully saturated rings. The van der Waals surface area contributed by atoms with E-state index in [0.29, 0.717) is 18.0 Å². The van der Waals surface area contributed by atoms with E-state index in [4.69, 9.17) is 14.2 Å². The maximum atomic E-state index is 5.48. The van der Waals surface area contributed by atoms with Gasteiger partial charge in [0, 0.05) is 38.8 Å². The Hall–Kier alpha value is -2.89. The van der Waals surface area contributed by atoms with Crippen LogP contribution in [-0.4, -0.2) is 46.3 Å². The average Bonchev–Trinajstić information content (AvgIpc) is 2.68. The molecular weight excluding hydrogens is 330 g/mol. The average molecular weight is 357 g/mol. The summed E-state index contributed by atoms with van der Waals surface area (Å²) in [7, 11) is 8.65. The van der Waals surface area contributed by atoms with Gasteiger partial charge in [0.15, 0.2) is 17.5 Å². The number of methoxy groups -OCH3 is 3. The standard InChI is InChI=1S/C20H27N3O3/c1-21-20(23(2)14-15-9-7-6-8-10-15)22-13-16-11-18(25-4)19(26-5)12-17(16)24-3/h6-12H,13-14H2,1-5H3,(H,21,22). The summed E-state index contributed by atoms with van der Waals surface area (Å²) in [5, 5.41) is 3.37. The highest BCUT2D eigenvalue weighted by Crippen LogP contribution is 2.34. The number of guanidine groups is 1. The maximum Gasteiger partial charge on any atom is 0.193 e. The van der Waals surface area contributed by atoms with Gasteiger partial charge >= 0.3 is 0 Å². The van der Waals surface area contributed by atoms with Gasteiger partial charge in [-0.2, -0.15) is 0 Å². The molecule has 0 aliphatic heterocycles. The number of nitrogens with one attached hydrogen (secondary N) is 1. The molecule has 0 aliphatic carbocycles. The molecule has 0 saturated carbocycles. The molecule has 0 saturated heterocycles. The van der Waals surface area contributed by atoms with Crippen LogP contribution in [0.15, 0.2) is 47.5 Å². The molecule has 2 aromatic rings. The Morgan fingerprint density at radius 1 is 0.962 bits per heavy atom. The number of benzene rings is 2. The van der Waals surface area contributed by atoms with E-state index in [-0.39, 0.29) is 0 Å². The minimum atomic E-state index is 0.551. The van der Waals surface area contributed by atoms with Crippen molar-refractivity contribution in [2.45, 2.75) is 13.1 Å². The predicted molar refractivity (Wildman–Crippen MR) is 104 cm³/mol. The van der Waals surface area contributed by atoms with Crippen LogP contribution in [0.1, 0.15) is 11.1 Å². The van der Waals surface area contributed by atoms with Gasteiger partial charge in [0.25, 0.3) is 0 Å². The van der Waals surface area contributed by atoms with E-state index in [9.17, 15) is 0 Å². The quantitative estimate of drug-likeness (QED) is 0.610. The lowest BCUT2D eigenvalue weighted by molar-refractivity contribution is 0.347. The highest BCUT2D eigenvalue weighted by Gasteiger charge is 2.13. The van der Waals surface area contributed by atoms with Crippen LogP contribution in [0.4, 0.5) is 0 Å².